The number of hydrogen-bond donors (Lipinski definition) is 2. The van der Waals surface area contributed by atoms with Gasteiger partial charge in [-0.05, 0) is 52.9 Å². The van der Waals surface area contributed by atoms with Crippen molar-refractivity contribution in [2.75, 3.05) is 27.1 Å². The molecule has 1 heterocycles. The first-order valence-electron chi connectivity index (χ1n) is 12.0. The Bertz CT molecular complexity index is 1350. The molecule has 3 rings (SSSR count). The molecule has 3 aromatic rings. The Balaban J connectivity index is -0.000000188. The number of halogens is 4. The van der Waals surface area contributed by atoms with Crippen LogP contribution in [0.1, 0.15) is 55.1 Å². The number of thioether (sulfide) groups is 1. The molecule has 0 aliphatic carbocycles. The maximum absolute atomic E-state index is 12.3. The van der Waals surface area contributed by atoms with Gasteiger partial charge in [0.2, 0.25) is 0 Å². The fourth-order valence-corrected chi connectivity index (χ4v) is 5.39. The number of amides is 1. The number of aromatic nitrogens is 1. The zero-order valence-electron chi connectivity index (χ0n) is 25.2. The van der Waals surface area contributed by atoms with Crippen LogP contribution in [0.2, 0.25) is 10.0 Å². The van der Waals surface area contributed by atoms with Crippen LogP contribution < -0.4 is 114 Å². The molecule has 0 fully saturated rings. The van der Waals surface area contributed by atoms with Crippen LogP contribution in [0.25, 0.3) is 4.95 Å². The van der Waals surface area contributed by atoms with Gasteiger partial charge < -0.3 is 36.3 Å². The number of ketones is 1. The number of carbonyl (C=O) groups excluding carboxylic acids is 2. The van der Waals surface area contributed by atoms with E-state index in [9.17, 15) is 9.59 Å². The molecule has 7 nitrogen and oxygen atoms in total. The minimum atomic E-state index is -0.279. The van der Waals surface area contributed by atoms with Gasteiger partial charge in [0, 0.05) is 16.5 Å². The second-order valence-electron chi connectivity index (χ2n) is 7.63. The topological polar surface area (TPSA) is 102 Å². The number of Topliss-reactive ketones (excluding diaryl/α,β-unsaturated/α-hetero) is 1. The molecule has 0 saturated carbocycles. The van der Waals surface area contributed by atoms with E-state index in [0.29, 0.717) is 27.0 Å². The van der Waals surface area contributed by atoms with Gasteiger partial charge in [-0.1, -0.05) is 111 Å². The van der Waals surface area contributed by atoms with Crippen molar-refractivity contribution in [2.24, 2.45) is 5.10 Å². The Hall–Kier alpha value is 1.83. The zero-order valence-corrected chi connectivity index (χ0v) is 39.1. The SMILES string of the molecule is C.C.CCI.CCSc1nc(N)c(C(=O)Nc2c(C)cccc2Cl)s1.Cc1cccc(Cl)c1CC(=O)CCl.[C-]#[N+]N=C([S-])[S-].[K+].[K+]. The summed E-state index contributed by atoms with van der Waals surface area (Å²) in [6.07, 6.45) is 0.328. The van der Waals surface area contributed by atoms with E-state index in [1.807, 2.05) is 45.0 Å². The van der Waals surface area contributed by atoms with Gasteiger partial charge in [0.25, 0.3) is 5.91 Å². The Kier molecular flexibility index (Phi) is 42.2. The third-order valence-corrected chi connectivity index (χ3v) is 7.80. The van der Waals surface area contributed by atoms with Crippen molar-refractivity contribution >= 4 is 133 Å². The first kappa shape index (κ1) is 57.2. The number of aryl methyl sites for hydroxylation is 2. The largest absolute Gasteiger partial charge is 1.00 e. The fourth-order valence-electron chi connectivity index (χ4n) is 2.80. The summed E-state index contributed by atoms with van der Waals surface area (Å²) in [5, 5.41) is 6.91. The number of anilines is 2. The van der Waals surface area contributed by atoms with Crippen LogP contribution in [-0.4, -0.2) is 37.1 Å². The Labute approximate surface area is 408 Å². The summed E-state index contributed by atoms with van der Waals surface area (Å²) in [7, 11) is 0. The molecule has 0 bridgehead atoms. The van der Waals surface area contributed by atoms with E-state index >= 15 is 0 Å². The van der Waals surface area contributed by atoms with Crippen molar-refractivity contribution in [1.82, 2.24) is 4.98 Å². The van der Waals surface area contributed by atoms with Gasteiger partial charge in [0.15, 0.2) is 10.1 Å². The molecule has 3 N–H and O–H groups in total. The van der Waals surface area contributed by atoms with Crippen molar-refractivity contribution in [3.63, 3.8) is 0 Å². The molecule has 244 valence electrons. The number of carbonyl (C=O) groups is 2. The summed E-state index contributed by atoms with van der Waals surface area (Å²) in [4.78, 5) is 30.5. The molecule has 1 aromatic heterocycles. The molecular weight excluding hydrogens is 890 g/mol. The third kappa shape index (κ3) is 24.1. The van der Waals surface area contributed by atoms with Gasteiger partial charge in [0.1, 0.15) is 10.7 Å². The van der Waals surface area contributed by atoms with Gasteiger partial charge in [-0.15, -0.1) is 27.9 Å². The second kappa shape index (κ2) is 33.9. The predicted octanol–water partition coefficient (Wildman–Crippen LogP) is 4.04. The summed E-state index contributed by atoms with van der Waals surface area (Å²) in [6.45, 7) is 14.0. The number of hydrogen-bond acceptors (Lipinski definition) is 9. The number of rotatable bonds is 7. The number of alkyl halides is 2. The van der Waals surface area contributed by atoms with Crippen LogP contribution in [0, 0.1) is 20.4 Å². The zero-order chi connectivity index (χ0) is 32.2. The standard InChI is InChI=1S/C13H14ClN3OS2.C10H10Cl2O.C2H5I.C2H2N2S2.2CH4.2K/c1-3-19-13-17-11(15)10(20-13)12(18)16-9-7(2)5-4-6-8(9)14;1-7-3-2-4-10(12)9(7)5-8(13)6-11;1-2-3;1-3-4-2(5)6;;;;/h4-6H,3,15H2,1-2H3,(H,16,18);2-4H,5-6H2,1H3;2H2,1H3;(H2,4,5,6);2*1H4;;/q;;;;;;2*+1/p-2. The number of nitrogens with one attached hydrogen (secondary N) is 1. The number of nitrogens with two attached hydrogens (primary N) is 1. The molecule has 0 aliphatic heterocycles. The van der Waals surface area contributed by atoms with Crippen LogP contribution in [0.5, 0.6) is 0 Å². The van der Waals surface area contributed by atoms with Crippen molar-refractivity contribution in [3.05, 3.63) is 79.5 Å². The normalized spacial score (nSPS) is 8.59. The molecule has 0 radical (unpaired) electrons. The summed E-state index contributed by atoms with van der Waals surface area (Å²) in [6, 6.07) is 11.0. The van der Waals surface area contributed by atoms with Gasteiger partial charge >= 0.3 is 103 Å². The average molecular weight is 927 g/mol. The van der Waals surface area contributed by atoms with Crippen molar-refractivity contribution in [2.45, 2.75) is 53.3 Å². The van der Waals surface area contributed by atoms with Crippen molar-refractivity contribution in [3.8, 4) is 0 Å². The van der Waals surface area contributed by atoms with E-state index in [2.05, 4.69) is 75.1 Å². The Morgan fingerprint density at radius 3 is 2.02 bits per heavy atom. The van der Waals surface area contributed by atoms with Crippen LogP contribution >= 0.6 is 80.5 Å². The number of para-hydroxylation sites is 1. The first-order valence-corrected chi connectivity index (χ1v) is 17.4. The quantitative estimate of drug-likeness (QED) is 0.0425. The maximum Gasteiger partial charge on any atom is 1.00 e. The van der Waals surface area contributed by atoms with E-state index in [1.165, 1.54) is 15.8 Å². The molecule has 0 atom stereocenters. The molecule has 0 aliphatic rings. The average Bonchev–Trinajstić information content (AvgIpc) is 3.29. The Morgan fingerprint density at radius 2 is 1.61 bits per heavy atom. The number of nitrogen functional groups attached to an aromatic ring is 1. The summed E-state index contributed by atoms with van der Waals surface area (Å²) in [5.74, 6) is 0.910. The molecule has 0 unspecified atom stereocenters. The van der Waals surface area contributed by atoms with Crippen LogP contribution in [0.3, 0.4) is 0 Å². The molecular formula is C29H37Cl3IK2N5O2S4. The molecule has 1 amide bonds. The fraction of sp³-hybridized carbons (Fsp3) is 0.345. The predicted molar refractivity (Wildman–Crippen MR) is 209 cm³/mol. The second-order valence-corrected chi connectivity index (χ2v) is 13.8. The maximum atomic E-state index is 12.3. The summed E-state index contributed by atoms with van der Waals surface area (Å²) >= 11 is 31.0. The smallest absolute Gasteiger partial charge is 0.782 e. The number of thiazole rings is 1. The first-order chi connectivity index (χ1) is 19.9. The minimum Gasteiger partial charge on any atom is -0.782 e. The summed E-state index contributed by atoms with van der Waals surface area (Å²) < 4.78 is 1.99. The number of benzene rings is 2. The van der Waals surface area contributed by atoms with E-state index in [0.717, 1.165) is 26.8 Å². The molecule has 17 heteroatoms. The molecule has 0 spiro atoms. The van der Waals surface area contributed by atoms with Gasteiger partial charge in [-0.25, -0.2) is 4.98 Å². The summed E-state index contributed by atoms with van der Waals surface area (Å²) in [5.41, 5.74) is 9.22. The van der Waals surface area contributed by atoms with Gasteiger partial charge in [0.05, 0.1) is 16.6 Å². The Morgan fingerprint density at radius 1 is 1.09 bits per heavy atom. The monoisotopic (exact) mass is 925 g/mol. The van der Waals surface area contributed by atoms with Gasteiger partial charge in [-0.2, -0.15) is 10.9 Å². The van der Waals surface area contributed by atoms with E-state index in [1.54, 1.807) is 23.9 Å². The molecule has 2 aromatic carbocycles. The number of nitrogens with zero attached hydrogens (tertiary/aromatic N) is 3. The van der Waals surface area contributed by atoms with Crippen molar-refractivity contribution in [1.29, 1.82) is 0 Å². The van der Waals surface area contributed by atoms with E-state index in [4.69, 9.17) is 47.1 Å². The molecule has 46 heavy (non-hydrogen) atoms. The van der Waals surface area contributed by atoms with Crippen LogP contribution in [-0.2, 0) is 36.5 Å². The minimum absolute atomic E-state index is 0. The molecule has 0 saturated heterocycles. The van der Waals surface area contributed by atoms with Crippen LogP contribution in [0.4, 0.5) is 11.5 Å². The van der Waals surface area contributed by atoms with E-state index < -0.39 is 0 Å². The van der Waals surface area contributed by atoms with E-state index in [-0.39, 0.29) is 145 Å². The third-order valence-electron chi connectivity index (χ3n) is 4.58. The van der Waals surface area contributed by atoms with Gasteiger partial charge in [-0.3, -0.25) is 9.59 Å². The van der Waals surface area contributed by atoms with Crippen molar-refractivity contribution < 1.29 is 112 Å². The van der Waals surface area contributed by atoms with Crippen LogP contribution in [0.15, 0.2) is 45.8 Å².